The van der Waals surface area contributed by atoms with Crippen LogP contribution in [0.2, 0.25) is 0 Å². The molecule has 0 fully saturated rings. The summed E-state index contributed by atoms with van der Waals surface area (Å²) in [6, 6.07) is 0. The van der Waals surface area contributed by atoms with Crippen LogP contribution < -0.4 is 29.6 Å². The number of unbranched alkanes of at least 4 members (excludes halogenated alkanes) is 6. The molecule has 0 saturated carbocycles. The maximum Gasteiger partial charge on any atom is 1.00 e. The van der Waals surface area contributed by atoms with Crippen molar-refractivity contribution in [2.24, 2.45) is 0 Å². The summed E-state index contributed by atoms with van der Waals surface area (Å²) in [5.41, 5.74) is 0. The molecule has 12 heteroatoms. The minimum Gasteiger partial charge on any atom is -0.748 e. The molecule has 0 bridgehead atoms. The predicted molar refractivity (Wildman–Crippen MR) is 65.7 cm³/mol. The average molecular weight is 381 g/mol. The fraction of sp³-hybridized carbons (Fsp3) is 1.00. The van der Waals surface area contributed by atoms with Crippen molar-refractivity contribution in [3.8, 4) is 0 Å². The van der Waals surface area contributed by atoms with Gasteiger partial charge in [-0.15, -0.1) is 4.90 Å². The van der Waals surface area contributed by atoms with E-state index in [1.165, 1.54) is 0 Å². The van der Waals surface area contributed by atoms with Crippen LogP contribution in [0.1, 0.15) is 44.9 Å². The molecule has 0 aliphatic rings. The number of hydrogen-bond acceptors (Lipinski definition) is 4. The van der Waals surface area contributed by atoms with Crippen molar-refractivity contribution in [2.45, 2.75) is 57.5 Å². The fourth-order valence-corrected chi connectivity index (χ4v) is 2.39. The van der Waals surface area contributed by atoms with Gasteiger partial charge in [-0.1, -0.05) is 32.1 Å². The van der Waals surface area contributed by atoms with E-state index in [1.54, 1.807) is 0 Å². The molecule has 0 N–H and O–H groups in total. The molecule has 0 radical (unpaired) electrons. The Balaban J connectivity index is 0. The molecular weight excluding hydrogens is 363 g/mol. The Morgan fingerprint density at radius 1 is 0.739 bits per heavy atom. The second kappa shape index (κ2) is 11.1. The Morgan fingerprint density at radius 3 is 1.43 bits per heavy atom. The van der Waals surface area contributed by atoms with Gasteiger partial charge >= 0.3 is 42.2 Å². The third-order valence-corrected chi connectivity index (χ3v) is 3.68. The van der Waals surface area contributed by atoms with E-state index in [4.69, 9.17) is 0 Å². The quantitative estimate of drug-likeness (QED) is 0.183. The van der Waals surface area contributed by atoms with Crippen molar-refractivity contribution in [1.82, 2.24) is 4.90 Å². The van der Waals surface area contributed by atoms with Gasteiger partial charge in [0.15, 0.2) is 0 Å². The molecule has 0 saturated heterocycles. The molecule has 0 heterocycles. The van der Waals surface area contributed by atoms with E-state index >= 15 is 0 Å². The molecule has 0 rings (SSSR count). The van der Waals surface area contributed by atoms with Crippen LogP contribution in [0.5, 0.6) is 0 Å². The second-order valence-electron chi connectivity index (χ2n) is 4.82. The monoisotopic (exact) mass is 381 g/mol. The Kier molecular flexibility index (Phi) is 12.4. The summed E-state index contributed by atoms with van der Waals surface area (Å²) in [6.07, 6.45) is -8.62. The summed E-state index contributed by atoms with van der Waals surface area (Å²) in [5.74, 6) is -0.459. The first-order valence-corrected chi connectivity index (χ1v) is 8.26. The largest absolute Gasteiger partial charge is 1.00 e. The Labute approximate surface area is 153 Å². The van der Waals surface area contributed by atoms with Crippen LogP contribution in [0, 0.1) is 0 Å². The van der Waals surface area contributed by atoms with Crippen LogP contribution in [0.3, 0.4) is 0 Å². The molecule has 0 aromatic rings. The third kappa shape index (κ3) is 14.5. The smallest absolute Gasteiger partial charge is 0.748 e. The standard InChI is InChI=1S/C11H19F6NO3S.Na/c12-10(13,14)18(11(15,16)17)8-6-4-2-1-3-5-7-9-22(19,20)21;/h1-9H2,(H,19,20,21);/q;+1/p-1. The van der Waals surface area contributed by atoms with Crippen molar-refractivity contribution in [3.05, 3.63) is 0 Å². The van der Waals surface area contributed by atoms with Crippen molar-refractivity contribution in [1.29, 1.82) is 0 Å². The van der Waals surface area contributed by atoms with E-state index in [9.17, 15) is 39.3 Å². The van der Waals surface area contributed by atoms with Crippen LogP contribution in [0.25, 0.3) is 0 Å². The maximum atomic E-state index is 12.2. The van der Waals surface area contributed by atoms with Crippen molar-refractivity contribution in [3.63, 3.8) is 0 Å². The van der Waals surface area contributed by atoms with Gasteiger partial charge < -0.3 is 4.55 Å². The van der Waals surface area contributed by atoms with Crippen LogP contribution >= 0.6 is 0 Å². The van der Waals surface area contributed by atoms with Crippen LogP contribution in [0.15, 0.2) is 0 Å². The summed E-state index contributed by atoms with van der Waals surface area (Å²) < 4.78 is 104. The second-order valence-corrected chi connectivity index (χ2v) is 6.35. The van der Waals surface area contributed by atoms with Gasteiger partial charge in [0.05, 0.1) is 10.1 Å². The first-order chi connectivity index (χ1) is 9.84. The maximum absolute atomic E-state index is 12.2. The van der Waals surface area contributed by atoms with E-state index in [1.807, 2.05) is 0 Å². The zero-order valence-electron chi connectivity index (χ0n) is 12.7. The topological polar surface area (TPSA) is 60.4 Å². The molecule has 0 aromatic heterocycles. The Bertz CT molecular complexity index is 399. The van der Waals surface area contributed by atoms with Gasteiger partial charge in [0.25, 0.3) is 0 Å². The fourth-order valence-electron chi connectivity index (χ4n) is 1.83. The number of nitrogens with zero attached hydrogens (tertiary/aromatic N) is 1. The first kappa shape index (κ1) is 25.7. The minimum atomic E-state index is -5.44. The summed E-state index contributed by atoms with van der Waals surface area (Å²) in [5, 5.41) is 0. The number of halogens is 6. The molecule has 0 atom stereocenters. The third-order valence-electron chi connectivity index (χ3n) is 2.89. The Hall–Kier alpha value is 0.450. The van der Waals surface area contributed by atoms with Gasteiger partial charge in [-0.2, -0.15) is 26.3 Å². The molecule has 0 aliphatic carbocycles. The summed E-state index contributed by atoms with van der Waals surface area (Å²) in [7, 11) is -4.23. The van der Waals surface area contributed by atoms with Crippen molar-refractivity contribution in [2.75, 3.05) is 12.3 Å². The van der Waals surface area contributed by atoms with Gasteiger partial charge in [-0.25, -0.2) is 8.42 Å². The SMILES string of the molecule is O=S(=O)([O-])CCCCCCCCCN(C(F)(F)F)C(F)(F)F.[Na+]. The van der Waals surface area contributed by atoms with Crippen molar-refractivity contribution < 1.29 is 68.9 Å². The minimum absolute atomic E-state index is 0. The first-order valence-electron chi connectivity index (χ1n) is 6.69. The van der Waals surface area contributed by atoms with E-state index in [0.717, 1.165) is 0 Å². The molecule has 23 heavy (non-hydrogen) atoms. The van der Waals surface area contributed by atoms with Gasteiger partial charge in [0.1, 0.15) is 0 Å². The summed E-state index contributed by atoms with van der Waals surface area (Å²) in [6.45, 7) is -1.14. The van der Waals surface area contributed by atoms with E-state index < -0.39 is 39.9 Å². The molecule has 0 spiro atoms. The Morgan fingerprint density at radius 2 is 1.09 bits per heavy atom. The number of alkyl halides is 6. The summed E-state index contributed by atoms with van der Waals surface area (Å²) >= 11 is 0. The number of rotatable bonds is 10. The van der Waals surface area contributed by atoms with Gasteiger partial charge in [-0.05, 0) is 12.8 Å². The average Bonchev–Trinajstić information content (AvgIpc) is 2.26. The van der Waals surface area contributed by atoms with Gasteiger partial charge in [0, 0.05) is 12.3 Å². The molecule has 0 amide bonds. The molecule has 4 nitrogen and oxygen atoms in total. The predicted octanol–water partition coefficient (Wildman–Crippen LogP) is 0.608. The zero-order valence-corrected chi connectivity index (χ0v) is 15.5. The van der Waals surface area contributed by atoms with E-state index in [2.05, 4.69) is 0 Å². The molecule has 134 valence electrons. The molecule has 0 unspecified atom stereocenters. The van der Waals surface area contributed by atoms with Crippen molar-refractivity contribution >= 4 is 10.1 Å². The van der Waals surface area contributed by atoms with Crippen LogP contribution in [-0.4, -0.2) is 42.8 Å². The van der Waals surface area contributed by atoms with E-state index in [-0.39, 0.29) is 48.8 Å². The van der Waals surface area contributed by atoms with Gasteiger partial charge in [-0.3, -0.25) is 0 Å². The molecular formula is C11H18F6NNaO3S. The normalized spacial score (nSPS) is 13.2. The summed E-state index contributed by atoms with van der Waals surface area (Å²) in [4.78, 5) is -1.45. The van der Waals surface area contributed by atoms with Crippen LogP contribution in [0.4, 0.5) is 26.3 Å². The van der Waals surface area contributed by atoms with Gasteiger partial charge in [0.2, 0.25) is 0 Å². The molecule has 0 aliphatic heterocycles. The van der Waals surface area contributed by atoms with Crippen LogP contribution in [-0.2, 0) is 10.1 Å². The zero-order chi connectivity index (χ0) is 17.4. The molecule has 0 aromatic carbocycles. The number of hydrogen-bond donors (Lipinski definition) is 0. The van der Waals surface area contributed by atoms with E-state index in [0.29, 0.717) is 25.7 Å².